The van der Waals surface area contributed by atoms with Crippen LogP contribution >= 0.6 is 0 Å². The van der Waals surface area contributed by atoms with Gasteiger partial charge in [0.05, 0.1) is 30.3 Å². The molecule has 0 radical (unpaired) electrons. The van der Waals surface area contributed by atoms with Crippen LogP contribution in [0.1, 0.15) is 72.3 Å². The number of imidazole rings is 1. The molecule has 13 nitrogen and oxygen atoms in total. The van der Waals surface area contributed by atoms with Gasteiger partial charge >= 0.3 is 0 Å². The highest BCUT2D eigenvalue weighted by Crippen LogP contribution is 2.32. The van der Waals surface area contributed by atoms with Crippen LogP contribution in [0.5, 0.6) is 5.75 Å². The van der Waals surface area contributed by atoms with Gasteiger partial charge in [-0.05, 0) is 99.4 Å². The average Bonchev–Trinajstić information content (AvgIpc) is 3.78. The van der Waals surface area contributed by atoms with Gasteiger partial charge in [-0.1, -0.05) is 6.07 Å². The van der Waals surface area contributed by atoms with Crippen molar-refractivity contribution in [1.82, 2.24) is 39.9 Å². The zero-order valence-corrected chi connectivity index (χ0v) is 29.8. The Balaban J connectivity index is 0.805. The molecule has 2 saturated heterocycles. The number of carbonyl (C=O) groups is 3. The van der Waals surface area contributed by atoms with E-state index in [-0.39, 0.29) is 29.7 Å². The number of carbonyl (C=O) groups excluding carboxylic acids is 3. The molecule has 1 aliphatic carbocycles. The Morgan fingerprint density at radius 2 is 1.85 bits per heavy atom. The maximum Gasteiger partial charge on any atom is 0.255 e. The zero-order chi connectivity index (χ0) is 35.8. The first-order valence-electron chi connectivity index (χ1n) is 18.4. The SMILES string of the molecule is COc1cc2nn(-c3cnc4cccnn34)cc2cc1C(=O)NC1CCC(CCN2CCN(c3ccc(C4CCC(=O)NC4=O)c(C)c3)CC2)CC1. The average molecular weight is 704 g/mol. The van der Waals surface area contributed by atoms with Gasteiger partial charge in [-0.3, -0.25) is 24.6 Å². The van der Waals surface area contributed by atoms with Crippen molar-refractivity contribution in [3.05, 3.63) is 77.7 Å². The molecular formula is C39H45N9O4. The van der Waals surface area contributed by atoms with E-state index in [4.69, 9.17) is 9.84 Å². The number of hydrogen-bond donors (Lipinski definition) is 2. The highest BCUT2D eigenvalue weighted by atomic mass is 16.5. The summed E-state index contributed by atoms with van der Waals surface area (Å²) in [5, 5.41) is 15.7. The van der Waals surface area contributed by atoms with Gasteiger partial charge in [0.15, 0.2) is 11.5 Å². The normalized spacial score (nSPS) is 21.4. The van der Waals surface area contributed by atoms with E-state index in [0.717, 1.165) is 86.1 Å². The Morgan fingerprint density at radius 3 is 2.62 bits per heavy atom. The number of aromatic nitrogens is 5. The summed E-state index contributed by atoms with van der Waals surface area (Å²) in [5.41, 5.74) is 5.27. The maximum absolute atomic E-state index is 13.5. The van der Waals surface area contributed by atoms with Crippen molar-refractivity contribution >= 4 is 40.0 Å². The van der Waals surface area contributed by atoms with Gasteiger partial charge in [-0.2, -0.15) is 14.7 Å². The number of anilines is 1. The van der Waals surface area contributed by atoms with Gasteiger partial charge < -0.3 is 15.0 Å². The number of piperidine rings is 1. The topological polar surface area (TPSA) is 139 Å². The zero-order valence-electron chi connectivity index (χ0n) is 29.8. The third-order valence-electron chi connectivity index (χ3n) is 11.2. The fourth-order valence-electron chi connectivity index (χ4n) is 8.18. The van der Waals surface area contributed by atoms with E-state index < -0.39 is 0 Å². The molecule has 3 aromatic heterocycles. The van der Waals surface area contributed by atoms with Crippen molar-refractivity contribution in [2.75, 3.05) is 44.7 Å². The van der Waals surface area contributed by atoms with Crippen molar-refractivity contribution in [3.8, 4) is 11.6 Å². The third kappa shape index (κ3) is 6.84. The highest BCUT2D eigenvalue weighted by Gasteiger charge is 2.30. The summed E-state index contributed by atoms with van der Waals surface area (Å²) in [6, 6.07) is 13.9. The van der Waals surface area contributed by atoms with E-state index in [0.29, 0.717) is 35.9 Å². The van der Waals surface area contributed by atoms with E-state index in [1.54, 1.807) is 28.7 Å². The van der Waals surface area contributed by atoms with Crippen molar-refractivity contribution in [2.24, 2.45) is 5.92 Å². The van der Waals surface area contributed by atoms with Crippen LogP contribution < -0.4 is 20.3 Å². The van der Waals surface area contributed by atoms with Crippen molar-refractivity contribution < 1.29 is 19.1 Å². The Labute approximate surface area is 302 Å². The first-order valence-corrected chi connectivity index (χ1v) is 18.4. The number of piperazine rings is 1. The van der Waals surface area contributed by atoms with Crippen molar-refractivity contribution in [3.63, 3.8) is 0 Å². The van der Waals surface area contributed by atoms with Crippen molar-refractivity contribution in [1.29, 1.82) is 0 Å². The van der Waals surface area contributed by atoms with Gasteiger partial charge in [0.25, 0.3) is 5.91 Å². The molecule has 13 heteroatoms. The number of fused-ring (bicyclic) bond motifs is 2. The standard InChI is InChI=1S/C39H45N9O4/c1-25-20-29(9-10-30(25)31-11-12-36(49)43-38(31)50)46-18-16-45(17-19-46)15-13-26-5-7-28(8-6-26)42-39(51)32-21-27-24-47(44-33(27)22-34(32)52-2)37-23-40-35-4-3-14-41-48(35)37/h3-4,9-10,14,20-24,26,28,31H,5-8,11-13,15-19H2,1-2H3,(H,42,51)(H,43,49,50). The largest absolute Gasteiger partial charge is 0.496 e. The summed E-state index contributed by atoms with van der Waals surface area (Å²) < 4.78 is 9.10. The van der Waals surface area contributed by atoms with Crippen LogP contribution in [0.25, 0.3) is 22.4 Å². The Morgan fingerprint density at radius 1 is 1.02 bits per heavy atom. The van der Waals surface area contributed by atoms with E-state index in [2.05, 4.69) is 55.6 Å². The number of amides is 3. The minimum absolute atomic E-state index is 0.120. The van der Waals surface area contributed by atoms with Crippen LogP contribution in [0.15, 0.2) is 61.1 Å². The molecule has 2 aliphatic heterocycles. The molecule has 0 spiro atoms. The first-order chi connectivity index (χ1) is 25.3. The summed E-state index contributed by atoms with van der Waals surface area (Å²) in [4.78, 5) is 47.0. The number of methoxy groups -OCH3 is 1. The Kier molecular flexibility index (Phi) is 9.35. The fraction of sp³-hybridized carbons (Fsp3) is 0.436. The Hall–Kier alpha value is -5.30. The molecule has 3 fully saturated rings. The van der Waals surface area contributed by atoms with Gasteiger partial charge in [-0.15, -0.1) is 0 Å². The number of nitrogens with zero attached hydrogens (tertiary/aromatic N) is 7. The second-order valence-corrected chi connectivity index (χ2v) is 14.4. The molecule has 1 unspecified atom stereocenters. The molecule has 0 bridgehead atoms. The summed E-state index contributed by atoms with van der Waals surface area (Å²) >= 11 is 0. The minimum Gasteiger partial charge on any atom is -0.496 e. The van der Waals surface area contributed by atoms with Gasteiger partial charge in [-0.25, -0.2) is 9.67 Å². The quantitative estimate of drug-likeness (QED) is 0.214. The molecule has 52 heavy (non-hydrogen) atoms. The molecular weight excluding hydrogens is 658 g/mol. The highest BCUT2D eigenvalue weighted by molar-refractivity contribution is 6.02. The molecule has 1 saturated carbocycles. The van der Waals surface area contributed by atoms with E-state index in [1.807, 2.05) is 30.5 Å². The summed E-state index contributed by atoms with van der Waals surface area (Å²) in [6.07, 6.45) is 11.6. The minimum atomic E-state index is -0.250. The number of hydrogen-bond acceptors (Lipinski definition) is 9. The summed E-state index contributed by atoms with van der Waals surface area (Å²) in [7, 11) is 1.58. The maximum atomic E-state index is 13.5. The molecule has 2 aromatic carbocycles. The molecule has 3 aliphatic rings. The molecule has 5 aromatic rings. The molecule has 5 heterocycles. The number of imide groups is 1. The van der Waals surface area contributed by atoms with Crippen LogP contribution in [-0.2, 0) is 9.59 Å². The summed E-state index contributed by atoms with van der Waals surface area (Å²) in [6.45, 7) is 7.17. The number of ether oxygens (including phenoxy) is 1. The lowest BCUT2D eigenvalue weighted by molar-refractivity contribution is -0.134. The monoisotopic (exact) mass is 703 g/mol. The third-order valence-corrected chi connectivity index (χ3v) is 11.2. The molecule has 8 rings (SSSR count). The number of rotatable bonds is 9. The molecule has 2 N–H and O–H groups in total. The van der Waals surface area contributed by atoms with Gasteiger partial charge in [0.1, 0.15) is 5.75 Å². The van der Waals surface area contributed by atoms with Crippen LogP contribution in [0.3, 0.4) is 0 Å². The second kappa shape index (κ2) is 14.4. The van der Waals surface area contributed by atoms with Crippen LogP contribution in [-0.4, -0.2) is 92.9 Å². The number of nitrogens with one attached hydrogen (secondary N) is 2. The van der Waals surface area contributed by atoms with Crippen LogP contribution in [0.4, 0.5) is 5.69 Å². The predicted molar refractivity (Wildman–Crippen MR) is 197 cm³/mol. The predicted octanol–water partition coefficient (Wildman–Crippen LogP) is 4.41. The second-order valence-electron chi connectivity index (χ2n) is 14.4. The first kappa shape index (κ1) is 33.8. The van der Waals surface area contributed by atoms with Gasteiger partial charge in [0, 0.05) is 68.2 Å². The number of benzene rings is 2. The van der Waals surface area contributed by atoms with E-state index in [1.165, 1.54) is 12.1 Å². The smallest absolute Gasteiger partial charge is 0.255 e. The lowest BCUT2D eigenvalue weighted by Gasteiger charge is -2.37. The lowest BCUT2D eigenvalue weighted by atomic mass is 9.84. The lowest BCUT2D eigenvalue weighted by Crippen LogP contribution is -2.47. The van der Waals surface area contributed by atoms with Crippen LogP contribution in [0.2, 0.25) is 0 Å². The van der Waals surface area contributed by atoms with Gasteiger partial charge in [0.2, 0.25) is 11.8 Å². The fourth-order valence-corrected chi connectivity index (χ4v) is 8.18. The van der Waals surface area contributed by atoms with E-state index in [9.17, 15) is 14.4 Å². The van der Waals surface area contributed by atoms with Crippen molar-refractivity contribution in [2.45, 2.75) is 63.8 Å². The number of aryl methyl sites for hydroxylation is 1. The summed E-state index contributed by atoms with van der Waals surface area (Å²) in [5.74, 6) is 1.14. The molecule has 270 valence electrons. The van der Waals surface area contributed by atoms with Crippen LogP contribution in [0, 0.1) is 12.8 Å². The molecule has 1 atom stereocenters. The Bertz CT molecular complexity index is 2120. The molecule has 3 amide bonds. The van der Waals surface area contributed by atoms with E-state index >= 15 is 0 Å².